The number of para-hydroxylation sites is 1. The minimum atomic E-state index is 0.219. The molecule has 4 heteroatoms. The van der Waals surface area contributed by atoms with Gasteiger partial charge in [0.2, 0.25) is 0 Å². The van der Waals surface area contributed by atoms with Crippen LogP contribution in [-0.2, 0) is 0 Å². The summed E-state index contributed by atoms with van der Waals surface area (Å²) in [4.78, 5) is 2.33. The molecule has 0 aliphatic heterocycles. The first-order valence-corrected chi connectivity index (χ1v) is 7.66. The predicted molar refractivity (Wildman–Crippen MR) is 87.4 cm³/mol. The Hall–Kier alpha value is -1.65. The third kappa shape index (κ3) is 3.93. The van der Waals surface area contributed by atoms with E-state index in [1.807, 2.05) is 29.1 Å². The third-order valence-electron chi connectivity index (χ3n) is 4.06. The van der Waals surface area contributed by atoms with Gasteiger partial charge in [-0.1, -0.05) is 38.5 Å². The molecule has 1 aromatic carbocycles. The van der Waals surface area contributed by atoms with Crippen molar-refractivity contribution in [1.29, 1.82) is 0 Å². The van der Waals surface area contributed by atoms with Gasteiger partial charge in [-0.2, -0.15) is 5.10 Å². The van der Waals surface area contributed by atoms with Crippen molar-refractivity contribution in [3.8, 4) is 5.69 Å². The fraction of sp³-hybridized carbons (Fsp3) is 0.471. The van der Waals surface area contributed by atoms with E-state index < -0.39 is 0 Å². The average Bonchev–Trinajstić information content (AvgIpc) is 2.98. The van der Waals surface area contributed by atoms with Gasteiger partial charge in [0.05, 0.1) is 11.9 Å². The Bertz CT molecular complexity index is 535. The normalized spacial score (nSPS) is 14.3. The largest absolute Gasteiger partial charge is 0.329 e. The van der Waals surface area contributed by atoms with E-state index in [4.69, 9.17) is 5.73 Å². The standard InChI is InChI=1S/C17H26N4/c1-4-14(2)12-20(3)17(10-18)15-11-19-21(13-15)16-8-6-5-7-9-16/h5-9,11,13-14,17H,4,10,12,18H2,1-3H3. The topological polar surface area (TPSA) is 47.1 Å². The molecule has 2 rings (SSSR count). The van der Waals surface area contributed by atoms with Crippen LogP contribution in [0.25, 0.3) is 5.69 Å². The molecule has 0 spiro atoms. The predicted octanol–water partition coefficient (Wildman–Crippen LogP) is 2.85. The van der Waals surface area contributed by atoms with Crippen LogP contribution in [0.1, 0.15) is 31.9 Å². The van der Waals surface area contributed by atoms with Gasteiger partial charge in [0.1, 0.15) is 0 Å². The first-order valence-electron chi connectivity index (χ1n) is 7.66. The number of aromatic nitrogens is 2. The summed E-state index contributed by atoms with van der Waals surface area (Å²) >= 11 is 0. The molecule has 21 heavy (non-hydrogen) atoms. The van der Waals surface area contributed by atoms with Crippen molar-refractivity contribution in [2.45, 2.75) is 26.3 Å². The lowest BCUT2D eigenvalue weighted by Crippen LogP contribution is -2.33. The molecule has 0 amide bonds. The summed E-state index contributed by atoms with van der Waals surface area (Å²) in [6.07, 6.45) is 5.20. The van der Waals surface area contributed by atoms with Crippen LogP contribution in [0.5, 0.6) is 0 Å². The van der Waals surface area contributed by atoms with Crippen LogP contribution in [0.3, 0.4) is 0 Å². The Balaban J connectivity index is 2.14. The van der Waals surface area contributed by atoms with E-state index in [0.717, 1.165) is 12.2 Å². The van der Waals surface area contributed by atoms with Crippen molar-refractivity contribution in [2.24, 2.45) is 11.7 Å². The van der Waals surface area contributed by atoms with Gasteiger partial charge < -0.3 is 5.73 Å². The molecule has 0 radical (unpaired) electrons. The number of hydrogen-bond donors (Lipinski definition) is 1. The van der Waals surface area contributed by atoms with E-state index >= 15 is 0 Å². The van der Waals surface area contributed by atoms with Crippen molar-refractivity contribution in [3.05, 3.63) is 48.3 Å². The van der Waals surface area contributed by atoms with E-state index in [0.29, 0.717) is 12.5 Å². The van der Waals surface area contributed by atoms with Crippen molar-refractivity contribution < 1.29 is 0 Å². The Morgan fingerprint density at radius 2 is 2.00 bits per heavy atom. The molecule has 1 heterocycles. The van der Waals surface area contributed by atoms with Gasteiger partial charge in [-0.25, -0.2) is 4.68 Å². The summed E-state index contributed by atoms with van der Waals surface area (Å²) in [5, 5.41) is 4.47. The van der Waals surface area contributed by atoms with E-state index in [1.54, 1.807) is 0 Å². The maximum absolute atomic E-state index is 5.99. The Labute approximate surface area is 127 Å². The Morgan fingerprint density at radius 1 is 1.29 bits per heavy atom. The highest BCUT2D eigenvalue weighted by molar-refractivity contribution is 5.31. The zero-order chi connectivity index (χ0) is 15.2. The van der Waals surface area contributed by atoms with E-state index in [-0.39, 0.29) is 6.04 Å². The number of nitrogens with zero attached hydrogens (tertiary/aromatic N) is 3. The number of hydrogen-bond acceptors (Lipinski definition) is 3. The van der Waals surface area contributed by atoms with Gasteiger partial charge in [-0.05, 0) is 25.1 Å². The molecule has 0 aliphatic rings. The Kier molecular flexibility index (Phi) is 5.53. The molecule has 0 saturated carbocycles. The summed E-state index contributed by atoms with van der Waals surface area (Å²) in [5.74, 6) is 0.674. The lowest BCUT2D eigenvalue weighted by Gasteiger charge is -2.28. The van der Waals surface area contributed by atoms with Gasteiger partial charge in [0.25, 0.3) is 0 Å². The number of nitrogens with two attached hydrogens (primary N) is 1. The van der Waals surface area contributed by atoms with Crippen molar-refractivity contribution in [3.63, 3.8) is 0 Å². The second-order valence-corrected chi connectivity index (χ2v) is 5.76. The molecule has 0 saturated heterocycles. The molecule has 2 atom stereocenters. The lowest BCUT2D eigenvalue weighted by atomic mass is 10.1. The average molecular weight is 286 g/mol. The summed E-state index contributed by atoms with van der Waals surface area (Å²) in [6, 6.07) is 10.4. The fourth-order valence-electron chi connectivity index (χ4n) is 2.55. The maximum atomic E-state index is 5.99. The number of likely N-dealkylation sites (N-methyl/N-ethyl adjacent to an activating group) is 1. The van der Waals surface area contributed by atoms with Gasteiger partial charge >= 0.3 is 0 Å². The molecule has 2 aromatic rings. The molecule has 4 nitrogen and oxygen atoms in total. The number of rotatable bonds is 7. The Morgan fingerprint density at radius 3 is 2.62 bits per heavy atom. The summed E-state index contributed by atoms with van der Waals surface area (Å²) in [5.41, 5.74) is 8.24. The van der Waals surface area contributed by atoms with Gasteiger partial charge in [0, 0.05) is 30.9 Å². The minimum Gasteiger partial charge on any atom is -0.329 e. The molecular formula is C17H26N4. The first kappa shape index (κ1) is 15.7. The van der Waals surface area contributed by atoms with Gasteiger partial charge in [-0.15, -0.1) is 0 Å². The van der Waals surface area contributed by atoms with Gasteiger partial charge in [-0.3, -0.25) is 4.90 Å². The second-order valence-electron chi connectivity index (χ2n) is 5.76. The van der Waals surface area contributed by atoms with Crippen molar-refractivity contribution in [2.75, 3.05) is 20.1 Å². The van der Waals surface area contributed by atoms with Crippen LogP contribution in [0.15, 0.2) is 42.7 Å². The summed E-state index contributed by atoms with van der Waals surface area (Å²) in [7, 11) is 2.14. The quantitative estimate of drug-likeness (QED) is 0.851. The molecule has 1 aromatic heterocycles. The lowest BCUT2D eigenvalue weighted by molar-refractivity contribution is 0.215. The molecule has 2 N–H and O–H groups in total. The zero-order valence-electron chi connectivity index (χ0n) is 13.2. The van der Waals surface area contributed by atoms with Crippen LogP contribution in [0.4, 0.5) is 0 Å². The van der Waals surface area contributed by atoms with E-state index in [9.17, 15) is 0 Å². The van der Waals surface area contributed by atoms with Gasteiger partial charge in [0.15, 0.2) is 0 Å². The monoisotopic (exact) mass is 286 g/mol. The zero-order valence-corrected chi connectivity index (χ0v) is 13.2. The van der Waals surface area contributed by atoms with Crippen LogP contribution in [-0.4, -0.2) is 34.8 Å². The molecule has 0 aliphatic carbocycles. The molecular weight excluding hydrogens is 260 g/mol. The van der Waals surface area contributed by atoms with E-state index in [2.05, 4.69) is 49.2 Å². The minimum absolute atomic E-state index is 0.219. The summed E-state index contributed by atoms with van der Waals surface area (Å²) in [6.45, 7) is 6.16. The van der Waals surface area contributed by atoms with Crippen LogP contribution in [0.2, 0.25) is 0 Å². The fourth-order valence-corrected chi connectivity index (χ4v) is 2.55. The summed E-state index contributed by atoms with van der Waals surface area (Å²) < 4.78 is 1.91. The molecule has 114 valence electrons. The number of benzene rings is 1. The SMILES string of the molecule is CCC(C)CN(C)C(CN)c1cnn(-c2ccccc2)c1. The first-order chi connectivity index (χ1) is 10.2. The highest BCUT2D eigenvalue weighted by Gasteiger charge is 2.18. The van der Waals surface area contributed by atoms with Crippen LogP contribution in [0, 0.1) is 5.92 Å². The maximum Gasteiger partial charge on any atom is 0.0645 e. The highest BCUT2D eigenvalue weighted by Crippen LogP contribution is 2.20. The molecule has 0 fully saturated rings. The van der Waals surface area contributed by atoms with E-state index in [1.165, 1.54) is 12.0 Å². The van der Waals surface area contributed by atoms with Crippen molar-refractivity contribution >= 4 is 0 Å². The third-order valence-corrected chi connectivity index (χ3v) is 4.06. The smallest absolute Gasteiger partial charge is 0.0645 e. The molecule has 0 bridgehead atoms. The highest BCUT2D eigenvalue weighted by atomic mass is 15.3. The van der Waals surface area contributed by atoms with Crippen LogP contribution < -0.4 is 5.73 Å². The van der Waals surface area contributed by atoms with Crippen LogP contribution >= 0.6 is 0 Å². The second kappa shape index (κ2) is 7.38. The van der Waals surface area contributed by atoms with Crippen molar-refractivity contribution in [1.82, 2.24) is 14.7 Å². The molecule has 2 unspecified atom stereocenters.